The van der Waals surface area contributed by atoms with Gasteiger partial charge in [-0.2, -0.15) is 0 Å². The minimum Gasteiger partial charge on any atom is -0.497 e. The molecule has 4 N–H and O–H groups in total. The minimum absolute atomic E-state index is 0.412. The second-order valence-electron chi connectivity index (χ2n) is 5.23. The number of benzene rings is 2. The predicted molar refractivity (Wildman–Crippen MR) is 95.1 cm³/mol. The van der Waals surface area contributed by atoms with Crippen molar-refractivity contribution in [2.75, 3.05) is 19.0 Å². The molecule has 0 atom stereocenters. The molecule has 0 aliphatic rings. The van der Waals surface area contributed by atoms with Crippen molar-refractivity contribution < 1.29 is 4.74 Å². The molecule has 5 nitrogen and oxygen atoms in total. The second-order valence-corrected chi connectivity index (χ2v) is 5.23. The average Bonchev–Trinajstić information content (AvgIpc) is 2.99. The Kier molecular flexibility index (Phi) is 4.47. The molecule has 118 valence electrons. The van der Waals surface area contributed by atoms with E-state index in [1.807, 2.05) is 42.6 Å². The van der Waals surface area contributed by atoms with Crippen LogP contribution in [0, 0.1) is 0 Å². The second kappa shape index (κ2) is 6.87. The molecule has 0 aliphatic heterocycles. The van der Waals surface area contributed by atoms with Crippen molar-refractivity contribution in [1.82, 2.24) is 4.98 Å². The summed E-state index contributed by atoms with van der Waals surface area (Å²) in [6.07, 6.45) is 2.88. The van der Waals surface area contributed by atoms with Gasteiger partial charge in [0.15, 0.2) is 5.96 Å². The number of fused-ring (bicyclic) bond motifs is 1. The molecule has 0 saturated heterocycles. The summed E-state index contributed by atoms with van der Waals surface area (Å²) in [5, 5.41) is 4.32. The van der Waals surface area contributed by atoms with Gasteiger partial charge in [-0.05, 0) is 42.3 Å². The summed E-state index contributed by atoms with van der Waals surface area (Å²) >= 11 is 0. The standard InChI is InChI=1S/C18H20N4O/c1-23-15-8-6-14(7-9-15)22-18(19)20-11-10-13-12-21-17-5-3-2-4-16(13)17/h2-9,12,21H,10-11H2,1H3,(H3,19,20,22). The number of nitrogens with zero attached hydrogens (tertiary/aromatic N) is 1. The largest absolute Gasteiger partial charge is 0.497 e. The van der Waals surface area contributed by atoms with E-state index in [-0.39, 0.29) is 0 Å². The SMILES string of the molecule is COc1ccc(NC(N)=NCCc2c[nH]c3ccccc23)cc1. The average molecular weight is 308 g/mol. The third-order valence-electron chi connectivity index (χ3n) is 3.70. The third-order valence-corrected chi connectivity index (χ3v) is 3.70. The topological polar surface area (TPSA) is 75.4 Å². The highest BCUT2D eigenvalue weighted by atomic mass is 16.5. The highest BCUT2D eigenvalue weighted by Gasteiger charge is 2.02. The summed E-state index contributed by atoms with van der Waals surface area (Å²) in [6.45, 7) is 0.636. The lowest BCUT2D eigenvalue weighted by Gasteiger charge is -2.06. The number of H-pyrrole nitrogens is 1. The predicted octanol–water partition coefficient (Wildman–Crippen LogP) is 3.15. The fraction of sp³-hybridized carbons (Fsp3) is 0.167. The number of ether oxygens (including phenoxy) is 1. The Balaban J connectivity index is 1.58. The highest BCUT2D eigenvalue weighted by Crippen LogP contribution is 2.18. The molecule has 0 aliphatic carbocycles. The molecule has 0 bridgehead atoms. The van der Waals surface area contributed by atoms with Gasteiger partial charge in [-0.25, -0.2) is 0 Å². The van der Waals surface area contributed by atoms with E-state index in [9.17, 15) is 0 Å². The summed E-state index contributed by atoms with van der Waals surface area (Å²) in [5.41, 5.74) is 9.22. The van der Waals surface area contributed by atoms with Crippen LogP contribution in [-0.4, -0.2) is 24.6 Å². The van der Waals surface area contributed by atoms with Gasteiger partial charge in [0.05, 0.1) is 7.11 Å². The molecule has 1 heterocycles. The van der Waals surface area contributed by atoms with Gasteiger partial charge in [-0.1, -0.05) is 18.2 Å². The lowest BCUT2D eigenvalue weighted by atomic mass is 10.1. The molecular formula is C18H20N4O. The lowest BCUT2D eigenvalue weighted by Crippen LogP contribution is -2.23. The van der Waals surface area contributed by atoms with E-state index in [4.69, 9.17) is 10.5 Å². The zero-order valence-electron chi connectivity index (χ0n) is 13.0. The molecule has 23 heavy (non-hydrogen) atoms. The molecule has 0 amide bonds. The van der Waals surface area contributed by atoms with Gasteiger partial charge in [-0.15, -0.1) is 0 Å². The first kappa shape index (κ1) is 15.0. The molecule has 0 fully saturated rings. The van der Waals surface area contributed by atoms with Crippen LogP contribution < -0.4 is 15.8 Å². The molecule has 3 aromatic rings. The van der Waals surface area contributed by atoms with Crippen LogP contribution in [0.15, 0.2) is 59.7 Å². The number of methoxy groups -OCH3 is 1. The van der Waals surface area contributed by atoms with Crippen LogP contribution >= 0.6 is 0 Å². The number of aromatic amines is 1. The Morgan fingerprint density at radius 1 is 1.17 bits per heavy atom. The third kappa shape index (κ3) is 3.63. The first-order chi connectivity index (χ1) is 11.3. The van der Waals surface area contributed by atoms with Gasteiger partial charge in [-0.3, -0.25) is 4.99 Å². The molecule has 0 saturated carbocycles. The number of aromatic nitrogens is 1. The van der Waals surface area contributed by atoms with Crippen molar-refractivity contribution >= 4 is 22.5 Å². The molecule has 1 aromatic heterocycles. The number of nitrogens with one attached hydrogen (secondary N) is 2. The number of aliphatic imine (C=N–C) groups is 1. The maximum absolute atomic E-state index is 5.93. The summed E-state index contributed by atoms with van der Waals surface area (Å²) in [6, 6.07) is 15.8. The maximum atomic E-state index is 5.93. The molecule has 0 spiro atoms. The van der Waals surface area contributed by atoms with E-state index in [1.54, 1.807) is 7.11 Å². The van der Waals surface area contributed by atoms with Crippen LogP contribution in [0.25, 0.3) is 10.9 Å². The quantitative estimate of drug-likeness (QED) is 0.500. The van der Waals surface area contributed by atoms with E-state index >= 15 is 0 Å². The van der Waals surface area contributed by atoms with Gasteiger partial charge in [0.2, 0.25) is 0 Å². The molecule has 3 rings (SSSR count). The fourth-order valence-corrected chi connectivity index (χ4v) is 2.50. The Morgan fingerprint density at radius 3 is 2.74 bits per heavy atom. The van der Waals surface area contributed by atoms with E-state index in [2.05, 4.69) is 27.4 Å². The van der Waals surface area contributed by atoms with Crippen LogP contribution in [-0.2, 0) is 6.42 Å². The first-order valence-electron chi connectivity index (χ1n) is 7.52. The van der Waals surface area contributed by atoms with Crippen molar-refractivity contribution in [1.29, 1.82) is 0 Å². The van der Waals surface area contributed by atoms with Crippen LogP contribution in [0.1, 0.15) is 5.56 Å². The Labute approximate surface area is 135 Å². The van der Waals surface area contributed by atoms with E-state index < -0.39 is 0 Å². The summed E-state index contributed by atoms with van der Waals surface area (Å²) in [7, 11) is 1.64. The Hall–Kier alpha value is -2.95. The number of hydrogen-bond acceptors (Lipinski definition) is 2. The first-order valence-corrected chi connectivity index (χ1v) is 7.52. The Morgan fingerprint density at radius 2 is 1.96 bits per heavy atom. The smallest absolute Gasteiger partial charge is 0.193 e. The molecule has 5 heteroatoms. The van der Waals surface area contributed by atoms with Gasteiger partial charge < -0.3 is 20.8 Å². The summed E-state index contributed by atoms with van der Waals surface area (Å²) in [5.74, 6) is 1.22. The fourth-order valence-electron chi connectivity index (χ4n) is 2.50. The van der Waals surface area contributed by atoms with Gasteiger partial charge >= 0.3 is 0 Å². The number of nitrogens with two attached hydrogens (primary N) is 1. The van der Waals surface area contributed by atoms with E-state index in [0.717, 1.165) is 23.4 Å². The molecule has 0 unspecified atom stereocenters. The van der Waals surface area contributed by atoms with Crippen molar-refractivity contribution in [2.45, 2.75) is 6.42 Å². The number of anilines is 1. The Bertz CT molecular complexity index is 805. The minimum atomic E-state index is 0.412. The zero-order valence-corrected chi connectivity index (χ0v) is 13.0. The highest BCUT2D eigenvalue weighted by molar-refractivity contribution is 5.92. The zero-order chi connectivity index (χ0) is 16.1. The number of rotatable bonds is 5. The van der Waals surface area contributed by atoms with Crippen molar-refractivity contribution in [3.05, 3.63) is 60.3 Å². The van der Waals surface area contributed by atoms with Crippen LogP contribution in [0.3, 0.4) is 0 Å². The normalized spacial score (nSPS) is 11.6. The summed E-state index contributed by atoms with van der Waals surface area (Å²) < 4.78 is 5.12. The van der Waals surface area contributed by atoms with Gasteiger partial charge in [0.25, 0.3) is 0 Å². The van der Waals surface area contributed by atoms with E-state index in [1.165, 1.54) is 10.9 Å². The molecular weight excluding hydrogens is 288 g/mol. The number of para-hydroxylation sites is 1. The van der Waals surface area contributed by atoms with Crippen LogP contribution in [0.4, 0.5) is 5.69 Å². The maximum Gasteiger partial charge on any atom is 0.193 e. The molecule has 2 aromatic carbocycles. The van der Waals surface area contributed by atoms with Crippen LogP contribution in [0.5, 0.6) is 5.75 Å². The summed E-state index contributed by atoms with van der Waals surface area (Å²) in [4.78, 5) is 7.65. The number of guanidine groups is 1. The number of hydrogen-bond donors (Lipinski definition) is 3. The van der Waals surface area contributed by atoms with Gasteiger partial charge in [0, 0.05) is 29.3 Å². The van der Waals surface area contributed by atoms with Gasteiger partial charge in [0.1, 0.15) is 5.75 Å². The van der Waals surface area contributed by atoms with Crippen molar-refractivity contribution in [3.8, 4) is 5.75 Å². The van der Waals surface area contributed by atoms with E-state index in [0.29, 0.717) is 12.5 Å². The monoisotopic (exact) mass is 308 g/mol. The van der Waals surface area contributed by atoms with Crippen molar-refractivity contribution in [3.63, 3.8) is 0 Å². The molecule has 0 radical (unpaired) electrons. The lowest BCUT2D eigenvalue weighted by molar-refractivity contribution is 0.415. The van der Waals surface area contributed by atoms with Crippen molar-refractivity contribution in [2.24, 2.45) is 10.7 Å². The van der Waals surface area contributed by atoms with Crippen LogP contribution in [0.2, 0.25) is 0 Å².